The molecule has 6 aromatic carbocycles. The molecule has 0 radical (unpaired) electrons. The SMILES string of the molecule is COc1ccc(C(OCCCCSc2ncnc3c2ncn3[C@H]2C[C@H](O)[C@@H](COC(c3ccccc3)(c3ccc(OC)cc3)c3ccc(OC)cc3)O2)(c2ccccc2)c2ccc(OC)cc2)cc1. The van der Waals surface area contributed by atoms with E-state index in [0.29, 0.717) is 24.2 Å². The number of aliphatic hydroxyl groups excluding tert-OH is 1. The van der Waals surface area contributed by atoms with Gasteiger partial charge in [-0.1, -0.05) is 109 Å². The average molecular weight is 945 g/mol. The molecule has 13 heteroatoms. The first kappa shape index (κ1) is 47.3. The molecule has 0 saturated carbocycles. The number of benzene rings is 6. The van der Waals surface area contributed by atoms with Gasteiger partial charge in [-0.15, -0.1) is 11.8 Å². The lowest BCUT2D eigenvalue weighted by Gasteiger charge is -2.37. The summed E-state index contributed by atoms with van der Waals surface area (Å²) in [7, 11) is 6.64. The molecule has 1 N–H and O–H groups in total. The van der Waals surface area contributed by atoms with Crippen molar-refractivity contribution in [1.29, 1.82) is 0 Å². The van der Waals surface area contributed by atoms with Crippen molar-refractivity contribution in [2.24, 2.45) is 0 Å². The molecule has 0 spiro atoms. The summed E-state index contributed by atoms with van der Waals surface area (Å²) >= 11 is 1.63. The summed E-state index contributed by atoms with van der Waals surface area (Å²) in [6, 6.07) is 52.3. The van der Waals surface area contributed by atoms with Crippen LogP contribution in [-0.4, -0.2) is 84.2 Å². The zero-order valence-corrected chi connectivity index (χ0v) is 40.0. The Kier molecular flexibility index (Phi) is 14.9. The highest BCUT2D eigenvalue weighted by atomic mass is 32.2. The lowest BCUT2D eigenvalue weighted by atomic mass is 9.80. The van der Waals surface area contributed by atoms with Gasteiger partial charge in [0.05, 0.1) is 47.5 Å². The molecule has 9 rings (SSSR count). The van der Waals surface area contributed by atoms with Crippen molar-refractivity contribution in [3.8, 4) is 23.0 Å². The van der Waals surface area contributed by atoms with E-state index in [2.05, 4.69) is 46.4 Å². The van der Waals surface area contributed by atoms with E-state index in [1.165, 1.54) is 0 Å². The fraction of sp³-hybridized carbons (Fsp3) is 0.268. The van der Waals surface area contributed by atoms with Crippen LogP contribution >= 0.6 is 11.8 Å². The largest absolute Gasteiger partial charge is 0.497 e. The number of hydrogen-bond acceptors (Lipinski definition) is 12. The number of ether oxygens (including phenoxy) is 7. The lowest BCUT2D eigenvalue weighted by molar-refractivity contribution is -0.0931. The monoisotopic (exact) mass is 944 g/mol. The molecule has 1 aliphatic heterocycles. The van der Waals surface area contributed by atoms with E-state index < -0.39 is 29.6 Å². The van der Waals surface area contributed by atoms with E-state index in [1.807, 2.05) is 126 Å². The van der Waals surface area contributed by atoms with Crippen LogP contribution in [0.3, 0.4) is 0 Å². The van der Waals surface area contributed by atoms with Crippen molar-refractivity contribution < 1.29 is 38.3 Å². The van der Waals surface area contributed by atoms with Gasteiger partial charge in [-0.05, 0) is 101 Å². The Morgan fingerprint density at radius 1 is 0.565 bits per heavy atom. The molecule has 354 valence electrons. The quantitative estimate of drug-likeness (QED) is 0.0319. The minimum Gasteiger partial charge on any atom is -0.497 e. The highest BCUT2D eigenvalue weighted by Gasteiger charge is 2.43. The van der Waals surface area contributed by atoms with E-state index in [4.69, 9.17) is 38.1 Å². The van der Waals surface area contributed by atoms with E-state index in [0.717, 1.165) is 80.0 Å². The first-order chi connectivity index (χ1) is 33.9. The van der Waals surface area contributed by atoms with Gasteiger partial charge < -0.3 is 38.3 Å². The number of aromatic nitrogens is 4. The highest BCUT2D eigenvalue weighted by molar-refractivity contribution is 7.99. The molecule has 12 nitrogen and oxygen atoms in total. The second-order valence-corrected chi connectivity index (χ2v) is 17.7. The zero-order valence-electron chi connectivity index (χ0n) is 39.1. The molecule has 3 atom stereocenters. The maximum atomic E-state index is 11.6. The van der Waals surface area contributed by atoms with Crippen LogP contribution in [0.4, 0.5) is 0 Å². The van der Waals surface area contributed by atoms with Crippen LogP contribution in [-0.2, 0) is 25.4 Å². The van der Waals surface area contributed by atoms with Gasteiger partial charge in [0.15, 0.2) is 5.65 Å². The van der Waals surface area contributed by atoms with Crippen LogP contribution in [0.1, 0.15) is 58.9 Å². The van der Waals surface area contributed by atoms with Crippen LogP contribution in [0.2, 0.25) is 0 Å². The Morgan fingerprint density at radius 2 is 1.01 bits per heavy atom. The second-order valence-electron chi connectivity index (χ2n) is 16.7. The third-order valence-corrected chi connectivity index (χ3v) is 13.8. The smallest absolute Gasteiger partial charge is 0.166 e. The van der Waals surface area contributed by atoms with Crippen LogP contribution in [0, 0.1) is 0 Å². The summed E-state index contributed by atoms with van der Waals surface area (Å²) in [5, 5.41) is 12.4. The van der Waals surface area contributed by atoms with E-state index in [-0.39, 0.29) is 6.61 Å². The van der Waals surface area contributed by atoms with E-state index in [1.54, 1.807) is 52.9 Å². The first-order valence-electron chi connectivity index (χ1n) is 23.0. The van der Waals surface area contributed by atoms with Crippen LogP contribution in [0.25, 0.3) is 11.2 Å². The lowest BCUT2D eigenvalue weighted by Crippen LogP contribution is -2.38. The average Bonchev–Trinajstić information content (AvgIpc) is 4.03. The molecule has 0 unspecified atom stereocenters. The highest BCUT2D eigenvalue weighted by Crippen LogP contribution is 2.44. The zero-order chi connectivity index (χ0) is 47.6. The fourth-order valence-corrected chi connectivity index (χ4v) is 10.1. The van der Waals surface area contributed by atoms with E-state index >= 15 is 0 Å². The first-order valence-corrected chi connectivity index (χ1v) is 24.0. The normalized spacial score (nSPS) is 16.1. The molecule has 0 bridgehead atoms. The van der Waals surface area contributed by atoms with Crippen LogP contribution in [0.15, 0.2) is 175 Å². The number of nitrogens with zero attached hydrogens (tertiary/aromatic N) is 4. The fourth-order valence-electron chi connectivity index (χ4n) is 9.14. The van der Waals surface area contributed by atoms with Gasteiger partial charge in [0.2, 0.25) is 0 Å². The van der Waals surface area contributed by atoms with E-state index in [9.17, 15) is 5.11 Å². The molecular weight excluding hydrogens is 889 g/mol. The Hall–Kier alpha value is -6.74. The standard InChI is InChI=1S/C56H56N4O8S/c1-62-45-25-17-41(18-26-45)55(39-13-7-5-8-14-39,42-19-27-46(63-2)28-20-42)66-33-11-12-34-69-54-52-53(57-37-58-54)60(38-59-52)51-35-49(61)50(68-51)36-67-56(40-15-9-6-10-16-40,43-21-29-47(64-3)30-22-43)44-23-31-48(65-4)32-24-44/h5-10,13-32,37-38,49-51,61H,11-12,33-36H2,1-4H3/t49-,50+,51+/m0/s1. The molecule has 1 fully saturated rings. The van der Waals surface area contributed by atoms with Crippen molar-refractivity contribution in [2.75, 3.05) is 47.4 Å². The summed E-state index contributed by atoms with van der Waals surface area (Å²) in [6.07, 6.45) is 3.28. The van der Waals surface area contributed by atoms with Crippen molar-refractivity contribution >= 4 is 22.9 Å². The van der Waals surface area contributed by atoms with Gasteiger partial charge in [-0.25, -0.2) is 15.0 Å². The van der Waals surface area contributed by atoms with Gasteiger partial charge in [0.25, 0.3) is 0 Å². The van der Waals surface area contributed by atoms with Crippen LogP contribution < -0.4 is 18.9 Å². The molecule has 8 aromatic rings. The summed E-state index contributed by atoms with van der Waals surface area (Å²) in [6.45, 7) is 0.587. The molecular formula is C56H56N4O8S. The Balaban J connectivity index is 0.888. The number of unbranched alkanes of at least 4 members (excludes halogenated alkanes) is 1. The van der Waals surface area contributed by atoms with Crippen molar-refractivity contribution in [1.82, 2.24) is 19.5 Å². The number of rotatable bonds is 21. The number of imidazole rings is 1. The molecule has 1 saturated heterocycles. The molecule has 3 heterocycles. The predicted molar refractivity (Wildman–Crippen MR) is 266 cm³/mol. The molecule has 69 heavy (non-hydrogen) atoms. The molecule has 1 aliphatic rings. The van der Waals surface area contributed by atoms with Crippen LogP contribution in [0.5, 0.6) is 23.0 Å². The summed E-state index contributed by atoms with van der Waals surface area (Å²) in [4.78, 5) is 14.1. The third-order valence-electron chi connectivity index (χ3n) is 12.7. The van der Waals surface area contributed by atoms with Crippen molar-refractivity contribution in [3.05, 3.63) is 204 Å². The second kappa shape index (κ2) is 21.7. The molecule has 0 amide bonds. The van der Waals surface area contributed by atoms with Gasteiger partial charge >= 0.3 is 0 Å². The van der Waals surface area contributed by atoms with Gasteiger partial charge in [0, 0.05) is 13.0 Å². The van der Waals surface area contributed by atoms with Gasteiger partial charge in [0.1, 0.15) is 63.4 Å². The maximum absolute atomic E-state index is 11.6. The van der Waals surface area contributed by atoms with Crippen molar-refractivity contribution in [3.63, 3.8) is 0 Å². The summed E-state index contributed by atoms with van der Waals surface area (Å²) in [5.74, 6) is 3.80. The maximum Gasteiger partial charge on any atom is 0.166 e. The number of fused-ring (bicyclic) bond motifs is 1. The topological polar surface area (TPSA) is 128 Å². The Labute approximate surface area is 407 Å². The Bertz CT molecular complexity index is 2770. The van der Waals surface area contributed by atoms with Gasteiger partial charge in [-0.3, -0.25) is 4.57 Å². The minimum atomic E-state index is -1.06. The minimum absolute atomic E-state index is 0.0870. The predicted octanol–water partition coefficient (Wildman–Crippen LogP) is 10.4. The van der Waals surface area contributed by atoms with Gasteiger partial charge in [-0.2, -0.15) is 0 Å². The number of hydrogen-bond donors (Lipinski definition) is 1. The molecule has 0 aliphatic carbocycles. The summed E-state index contributed by atoms with van der Waals surface area (Å²) in [5.41, 5.74) is 5.08. The summed E-state index contributed by atoms with van der Waals surface area (Å²) < 4.78 is 44.7. The number of thioether (sulfide) groups is 1. The van der Waals surface area contributed by atoms with Crippen molar-refractivity contribution in [2.45, 2.75) is 53.9 Å². The Morgan fingerprint density at radius 3 is 1.48 bits per heavy atom. The molecule has 2 aromatic heterocycles. The third kappa shape index (κ3) is 9.79. The number of aliphatic hydroxyl groups is 1. The number of methoxy groups -OCH3 is 4.